The van der Waals surface area contributed by atoms with Crippen LogP contribution in [-0.2, 0) is 30.6 Å². The van der Waals surface area contributed by atoms with E-state index in [-0.39, 0.29) is 18.7 Å². The number of benzene rings is 1. The number of anilines is 1. The highest BCUT2D eigenvalue weighted by molar-refractivity contribution is 5.38. The third-order valence-electron chi connectivity index (χ3n) is 3.84. The Balaban J connectivity index is 1.88. The zero-order valence-electron chi connectivity index (χ0n) is 13.0. The molecule has 8 heteroatoms. The van der Waals surface area contributed by atoms with Crippen molar-refractivity contribution >= 4 is 5.95 Å². The van der Waals surface area contributed by atoms with Crippen LogP contribution < -0.4 is 10.5 Å². The molecule has 0 spiro atoms. The van der Waals surface area contributed by atoms with Gasteiger partial charge in [-0.25, -0.2) is 4.98 Å². The molecule has 3 rings (SSSR count). The first-order chi connectivity index (χ1) is 11.4. The molecule has 128 valence electrons. The summed E-state index contributed by atoms with van der Waals surface area (Å²) < 4.78 is 45.0. The highest BCUT2D eigenvalue weighted by Gasteiger charge is 2.31. The van der Waals surface area contributed by atoms with E-state index >= 15 is 0 Å². The molecule has 2 heterocycles. The first-order valence-electron chi connectivity index (χ1n) is 7.39. The van der Waals surface area contributed by atoms with E-state index in [0.29, 0.717) is 30.3 Å². The van der Waals surface area contributed by atoms with Crippen LogP contribution in [0.2, 0.25) is 0 Å². The van der Waals surface area contributed by atoms with Crippen molar-refractivity contribution in [3.05, 3.63) is 57.5 Å². The molecule has 1 aliphatic heterocycles. The van der Waals surface area contributed by atoms with Crippen molar-refractivity contribution in [1.82, 2.24) is 9.55 Å². The number of alkyl halides is 3. The van der Waals surface area contributed by atoms with Crippen molar-refractivity contribution in [2.45, 2.75) is 25.9 Å². The van der Waals surface area contributed by atoms with Gasteiger partial charge in [-0.2, -0.15) is 13.2 Å². The largest absolute Gasteiger partial charge is 0.416 e. The first kappa shape index (κ1) is 16.5. The number of halogens is 3. The maximum atomic E-state index is 12.8. The van der Waals surface area contributed by atoms with Crippen LogP contribution >= 0.6 is 0 Å². The lowest BCUT2D eigenvalue weighted by Crippen LogP contribution is -2.23. The summed E-state index contributed by atoms with van der Waals surface area (Å²) in [7, 11) is 1.51. The third kappa shape index (κ3) is 3.28. The molecule has 0 fully saturated rings. The second-order valence-electron chi connectivity index (χ2n) is 5.59. The molecular weight excluding hydrogens is 323 g/mol. The smallest absolute Gasteiger partial charge is 0.378 e. The van der Waals surface area contributed by atoms with Gasteiger partial charge in [-0.1, -0.05) is 12.1 Å². The highest BCUT2D eigenvalue weighted by atomic mass is 19.4. The summed E-state index contributed by atoms with van der Waals surface area (Å²) in [5.41, 5.74) is 0.158. The minimum absolute atomic E-state index is 0.182. The van der Waals surface area contributed by atoms with Crippen molar-refractivity contribution in [1.29, 1.82) is 0 Å². The minimum Gasteiger partial charge on any atom is -0.378 e. The number of methoxy groups -OCH3 is 1. The Morgan fingerprint density at radius 2 is 2.04 bits per heavy atom. The standard InChI is InChI=1S/C16H16F3N3O2/c1-24-10-13-8-14(23)22-6-5-21(15(22)20-13)9-11-3-2-4-12(7-11)16(17,18)19/h2-4,7-8H,5-6,9-10H2,1H3. The molecule has 0 N–H and O–H groups in total. The predicted octanol–water partition coefficient (Wildman–Crippen LogP) is 2.43. The fourth-order valence-electron chi connectivity index (χ4n) is 2.75. The summed E-state index contributed by atoms with van der Waals surface area (Å²) in [6.45, 7) is 1.45. The SMILES string of the molecule is COCc1cc(=O)n2c(n1)N(Cc1cccc(C(F)(F)F)c1)CC2. The van der Waals surface area contributed by atoms with Crippen molar-refractivity contribution in [2.75, 3.05) is 18.6 Å². The monoisotopic (exact) mass is 339 g/mol. The zero-order chi connectivity index (χ0) is 17.3. The molecule has 2 aromatic rings. The topological polar surface area (TPSA) is 47.4 Å². The van der Waals surface area contributed by atoms with Gasteiger partial charge in [-0.3, -0.25) is 9.36 Å². The average Bonchev–Trinajstić information content (AvgIpc) is 2.91. The predicted molar refractivity (Wildman–Crippen MR) is 81.7 cm³/mol. The van der Waals surface area contributed by atoms with E-state index < -0.39 is 11.7 Å². The summed E-state index contributed by atoms with van der Waals surface area (Å²) in [5, 5.41) is 0. The molecule has 0 amide bonds. The number of nitrogens with zero attached hydrogens (tertiary/aromatic N) is 3. The maximum absolute atomic E-state index is 12.8. The number of rotatable bonds is 4. The Morgan fingerprint density at radius 3 is 2.75 bits per heavy atom. The lowest BCUT2D eigenvalue weighted by molar-refractivity contribution is -0.137. The van der Waals surface area contributed by atoms with E-state index in [1.54, 1.807) is 11.0 Å². The van der Waals surface area contributed by atoms with Gasteiger partial charge in [0.25, 0.3) is 5.56 Å². The quantitative estimate of drug-likeness (QED) is 0.858. The Morgan fingerprint density at radius 1 is 1.25 bits per heavy atom. The zero-order valence-corrected chi connectivity index (χ0v) is 13.0. The molecule has 0 atom stereocenters. The van der Waals surface area contributed by atoms with Crippen LogP contribution in [0, 0.1) is 0 Å². The van der Waals surface area contributed by atoms with E-state index in [1.807, 2.05) is 0 Å². The van der Waals surface area contributed by atoms with Gasteiger partial charge in [0, 0.05) is 32.8 Å². The fraction of sp³-hybridized carbons (Fsp3) is 0.375. The number of aromatic nitrogens is 2. The maximum Gasteiger partial charge on any atom is 0.416 e. The summed E-state index contributed by atoms with van der Waals surface area (Å²) in [5.74, 6) is 0.465. The van der Waals surface area contributed by atoms with E-state index in [4.69, 9.17) is 4.74 Å². The molecule has 0 bridgehead atoms. The molecule has 0 radical (unpaired) electrons. The van der Waals surface area contributed by atoms with Crippen LogP contribution in [0.3, 0.4) is 0 Å². The van der Waals surface area contributed by atoms with E-state index in [1.165, 1.54) is 23.8 Å². The summed E-state index contributed by atoms with van der Waals surface area (Å²) in [6.07, 6.45) is -4.38. The average molecular weight is 339 g/mol. The normalized spacial score (nSPS) is 14.1. The van der Waals surface area contributed by atoms with Gasteiger partial charge >= 0.3 is 6.18 Å². The molecule has 0 saturated heterocycles. The van der Waals surface area contributed by atoms with E-state index in [0.717, 1.165) is 12.1 Å². The van der Waals surface area contributed by atoms with Gasteiger partial charge in [0.15, 0.2) is 0 Å². The summed E-state index contributed by atoms with van der Waals surface area (Å²) in [4.78, 5) is 18.3. The van der Waals surface area contributed by atoms with Gasteiger partial charge < -0.3 is 9.64 Å². The van der Waals surface area contributed by atoms with Crippen molar-refractivity contribution < 1.29 is 17.9 Å². The Bertz CT molecular complexity index is 802. The van der Waals surface area contributed by atoms with Crippen LogP contribution in [0.15, 0.2) is 35.1 Å². The van der Waals surface area contributed by atoms with Crippen LogP contribution in [-0.4, -0.2) is 23.2 Å². The number of hydrogen-bond acceptors (Lipinski definition) is 4. The van der Waals surface area contributed by atoms with Gasteiger partial charge in [-0.05, 0) is 17.7 Å². The van der Waals surface area contributed by atoms with Gasteiger partial charge in [-0.15, -0.1) is 0 Å². The molecule has 0 unspecified atom stereocenters. The van der Waals surface area contributed by atoms with Crippen LogP contribution in [0.4, 0.5) is 19.1 Å². The molecule has 1 aromatic carbocycles. The number of hydrogen-bond donors (Lipinski definition) is 0. The molecule has 0 saturated carbocycles. The number of ether oxygens (including phenoxy) is 1. The summed E-state index contributed by atoms with van der Waals surface area (Å²) in [6, 6.07) is 6.60. The van der Waals surface area contributed by atoms with Crippen LogP contribution in [0.25, 0.3) is 0 Å². The van der Waals surface area contributed by atoms with Crippen molar-refractivity contribution in [2.24, 2.45) is 0 Å². The van der Waals surface area contributed by atoms with E-state index in [9.17, 15) is 18.0 Å². The van der Waals surface area contributed by atoms with Gasteiger partial charge in [0.1, 0.15) is 0 Å². The molecule has 1 aliphatic rings. The minimum atomic E-state index is -4.38. The van der Waals surface area contributed by atoms with E-state index in [2.05, 4.69) is 4.98 Å². The van der Waals surface area contributed by atoms with Gasteiger partial charge in [0.2, 0.25) is 5.95 Å². The second-order valence-corrected chi connectivity index (χ2v) is 5.59. The molecule has 1 aromatic heterocycles. The Kier molecular flexibility index (Phi) is 4.31. The lowest BCUT2D eigenvalue weighted by Gasteiger charge is -2.18. The molecular formula is C16H16F3N3O2. The molecule has 24 heavy (non-hydrogen) atoms. The molecule has 5 nitrogen and oxygen atoms in total. The first-order valence-corrected chi connectivity index (χ1v) is 7.39. The Hall–Kier alpha value is -2.35. The Labute approximate surface area is 136 Å². The fourth-order valence-corrected chi connectivity index (χ4v) is 2.75. The van der Waals surface area contributed by atoms with Gasteiger partial charge in [0.05, 0.1) is 17.9 Å². The molecule has 0 aliphatic carbocycles. The lowest BCUT2D eigenvalue weighted by atomic mass is 10.1. The summed E-state index contributed by atoms with van der Waals surface area (Å²) >= 11 is 0. The van der Waals surface area contributed by atoms with Crippen LogP contribution in [0.5, 0.6) is 0 Å². The van der Waals surface area contributed by atoms with Crippen molar-refractivity contribution in [3.8, 4) is 0 Å². The third-order valence-corrected chi connectivity index (χ3v) is 3.84. The van der Waals surface area contributed by atoms with Crippen molar-refractivity contribution in [3.63, 3.8) is 0 Å². The number of fused-ring (bicyclic) bond motifs is 1. The van der Waals surface area contributed by atoms with Crippen LogP contribution in [0.1, 0.15) is 16.8 Å². The highest BCUT2D eigenvalue weighted by Crippen LogP contribution is 2.30. The second kappa shape index (κ2) is 6.27.